The van der Waals surface area contributed by atoms with Crippen LogP contribution in [0.4, 0.5) is 0 Å². The Balaban J connectivity index is 3.80. The Bertz CT molecular complexity index is 392. The average Bonchev–Trinajstić information content (AvgIpc) is 2.65. The van der Waals surface area contributed by atoms with E-state index in [1.165, 1.54) is 57.8 Å². The second kappa shape index (κ2) is 20.4. The summed E-state index contributed by atoms with van der Waals surface area (Å²) >= 11 is 0. The van der Waals surface area contributed by atoms with Gasteiger partial charge in [0.05, 0.1) is 6.42 Å². The number of carboxylic acids is 1. The van der Waals surface area contributed by atoms with Crippen LogP contribution < -0.4 is 0 Å². The summed E-state index contributed by atoms with van der Waals surface area (Å²) in [7, 11) is 0. The van der Waals surface area contributed by atoms with Gasteiger partial charge >= 0.3 is 11.9 Å². The Morgan fingerprint density at radius 1 is 0.857 bits per heavy atom. The van der Waals surface area contributed by atoms with Crippen LogP contribution in [-0.2, 0) is 14.3 Å². The SMILES string of the molecule is C=CCCCCCCCCC(=O)OC(CCCCCCCCCC)CC(=O)O. The van der Waals surface area contributed by atoms with E-state index < -0.39 is 12.1 Å². The minimum atomic E-state index is -0.892. The number of rotatable bonds is 21. The van der Waals surface area contributed by atoms with Gasteiger partial charge in [0.1, 0.15) is 6.10 Å². The maximum absolute atomic E-state index is 12.0. The Morgan fingerprint density at radius 2 is 1.39 bits per heavy atom. The van der Waals surface area contributed by atoms with Crippen molar-refractivity contribution in [3.05, 3.63) is 12.7 Å². The summed E-state index contributed by atoms with van der Waals surface area (Å²) in [5.74, 6) is -1.13. The predicted octanol–water partition coefficient (Wildman–Crippen LogP) is 7.21. The molecule has 0 saturated heterocycles. The van der Waals surface area contributed by atoms with Crippen molar-refractivity contribution in [3.8, 4) is 0 Å². The van der Waals surface area contributed by atoms with Crippen LogP contribution in [-0.4, -0.2) is 23.1 Å². The van der Waals surface area contributed by atoms with Crippen LogP contribution in [0.25, 0.3) is 0 Å². The van der Waals surface area contributed by atoms with Crippen molar-refractivity contribution in [2.75, 3.05) is 0 Å². The standard InChI is InChI=1S/C24H44O4/c1-3-5-7-9-11-13-15-17-19-22(21-23(25)26)28-24(27)20-18-16-14-12-10-8-6-4-2/h4,22H,2-3,5-21H2,1H3,(H,25,26). The van der Waals surface area contributed by atoms with Crippen molar-refractivity contribution in [2.45, 2.75) is 129 Å². The van der Waals surface area contributed by atoms with Gasteiger partial charge in [-0.1, -0.05) is 83.6 Å². The molecule has 1 unspecified atom stereocenters. The second-order valence-electron chi connectivity index (χ2n) is 7.92. The summed E-state index contributed by atoms with van der Waals surface area (Å²) in [6.07, 6.45) is 19.8. The number of esters is 1. The number of carboxylic acid groups (broad SMARTS) is 1. The molecule has 0 bridgehead atoms. The third kappa shape index (κ3) is 19.4. The molecule has 0 radical (unpaired) electrons. The van der Waals surface area contributed by atoms with Gasteiger partial charge in [-0.2, -0.15) is 0 Å². The molecule has 1 atom stereocenters. The quantitative estimate of drug-likeness (QED) is 0.126. The third-order valence-corrected chi connectivity index (χ3v) is 5.12. The van der Waals surface area contributed by atoms with Gasteiger partial charge in [-0.15, -0.1) is 6.58 Å². The van der Waals surface area contributed by atoms with E-state index in [1.54, 1.807) is 0 Å². The number of carbonyl (C=O) groups excluding carboxylic acids is 1. The number of hydrogen-bond donors (Lipinski definition) is 1. The van der Waals surface area contributed by atoms with Crippen molar-refractivity contribution in [2.24, 2.45) is 0 Å². The topological polar surface area (TPSA) is 63.6 Å². The molecule has 0 aromatic carbocycles. The molecule has 4 heteroatoms. The molecule has 0 amide bonds. The molecule has 0 aliphatic rings. The zero-order valence-electron chi connectivity index (χ0n) is 18.3. The Hall–Kier alpha value is -1.32. The maximum atomic E-state index is 12.0. The van der Waals surface area contributed by atoms with E-state index in [0.29, 0.717) is 12.8 Å². The lowest BCUT2D eigenvalue weighted by Gasteiger charge is -2.16. The fourth-order valence-electron chi connectivity index (χ4n) is 3.41. The Kier molecular flexibility index (Phi) is 19.5. The van der Waals surface area contributed by atoms with E-state index in [-0.39, 0.29) is 12.4 Å². The summed E-state index contributed by atoms with van der Waals surface area (Å²) in [6.45, 7) is 5.94. The first-order chi connectivity index (χ1) is 13.6. The lowest BCUT2D eigenvalue weighted by Crippen LogP contribution is -2.21. The maximum Gasteiger partial charge on any atom is 0.307 e. The molecular formula is C24H44O4. The second-order valence-corrected chi connectivity index (χ2v) is 7.92. The molecule has 4 nitrogen and oxygen atoms in total. The molecular weight excluding hydrogens is 352 g/mol. The minimum absolute atomic E-state index is 0.0778. The number of allylic oxidation sites excluding steroid dienone is 1. The number of unbranched alkanes of at least 4 members (excludes halogenated alkanes) is 13. The first-order valence-electron chi connectivity index (χ1n) is 11.6. The van der Waals surface area contributed by atoms with Crippen LogP contribution in [0.1, 0.15) is 122 Å². The van der Waals surface area contributed by atoms with Crippen LogP contribution >= 0.6 is 0 Å². The van der Waals surface area contributed by atoms with Crippen LogP contribution in [0.3, 0.4) is 0 Å². The number of hydrogen-bond acceptors (Lipinski definition) is 3. The molecule has 0 aliphatic heterocycles. The fourth-order valence-corrected chi connectivity index (χ4v) is 3.41. The Labute approximate surface area is 173 Å². The average molecular weight is 397 g/mol. The van der Waals surface area contributed by atoms with Crippen molar-refractivity contribution in [1.29, 1.82) is 0 Å². The lowest BCUT2D eigenvalue weighted by molar-refractivity contribution is -0.153. The van der Waals surface area contributed by atoms with E-state index in [2.05, 4.69) is 13.5 Å². The van der Waals surface area contributed by atoms with Gasteiger partial charge in [0.25, 0.3) is 0 Å². The smallest absolute Gasteiger partial charge is 0.307 e. The van der Waals surface area contributed by atoms with Crippen LogP contribution in [0.15, 0.2) is 12.7 Å². The molecule has 0 rings (SSSR count). The van der Waals surface area contributed by atoms with E-state index in [0.717, 1.165) is 38.5 Å². The van der Waals surface area contributed by atoms with Crippen LogP contribution in [0.2, 0.25) is 0 Å². The van der Waals surface area contributed by atoms with Gasteiger partial charge in [0.2, 0.25) is 0 Å². The molecule has 0 saturated carbocycles. The molecule has 0 fully saturated rings. The van der Waals surface area contributed by atoms with Crippen LogP contribution in [0.5, 0.6) is 0 Å². The predicted molar refractivity (Wildman–Crippen MR) is 116 cm³/mol. The highest BCUT2D eigenvalue weighted by Gasteiger charge is 2.17. The summed E-state index contributed by atoms with van der Waals surface area (Å²) in [4.78, 5) is 23.1. The third-order valence-electron chi connectivity index (χ3n) is 5.12. The van der Waals surface area contributed by atoms with E-state index >= 15 is 0 Å². The lowest BCUT2D eigenvalue weighted by atomic mass is 10.0. The Morgan fingerprint density at radius 3 is 1.96 bits per heavy atom. The van der Waals surface area contributed by atoms with Gasteiger partial charge in [0.15, 0.2) is 0 Å². The normalized spacial score (nSPS) is 11.9. The number of carbonyl (C=O) groups is 2. The van der Waals surface area contributed by atoms with E-state index in [9.17, 15) is 9.59 Å². The molecule has 0 heterocycles. The zero-order valence-corrected chi connectivity index (χ0v) is 18.3. The summed E-state index contributed by atoms with van der Waals surface area (Å²) in [5, 5.41) is 9.06. The highest BCUT2D eigenvalue weighted by Crippen LogP contribution is 2.15. The molecule has 0 aromatic heterocycles. The number of aliphatic carboxylic acids is 1. The number of ether oxygens (including phenoxy) is 1. The zero-order chi connectivity index (χ0) is 20.9. The molecule has 0 aromatic rings. The first-order valence-corrected chi connectivity index (χ1v) is 11.6. The molecule has 1 N–H and O–H groups in total. The molecule has 0 spiro atoms. The van der Waals surface area contributed by atoms with Crippen molar-refractivity contribution in [3.63, 3.8) is 0 Å². The minimum Gasteiger partial charge on any atom is -0.481 e. The van der Waals surface area contributed by atoms with E-state index in [4.69, 9.17) is 9.84 Å². The largest absolute Gasteiger partial charge is 0.481 e. The highest BCUT2D eigenvalue weighted by molar-refractivity contribution is 5.71. The van der Waals surface area contributed by atoms with Gasteiger partial charge in [-0.05, 0) is 32.1 Å². The van der Waals surface area contributed by atoms with Gasteiger partial charge in [0, 0.05) is 6.42 Å². The van der Waals surface area contributed by atoms with Gasteiger partial charge in [-0.25, -0.2) is 0 Å². The summed E-state index contributed by atoms with van der Waals surface area (Å²) in [6, 6.07) is 0. The summed E-state index contributed by atoms with van der Waals surface area (Å²) < 4.78 is 5.45. The van der Waals surface area contributed by atoms with E-state index in [1.807, 2.05) is 6.08 Å². The highest BCUT2D eigenvalue weighted by atomic mass is 16.5. The monoisotopic (exact) mass is 396 g/mol. The van der Waals surface area contributed by atoms with Gasteiger partial charge < -0.3 is 9.84 Å². The van der Waals surface area contributed by atoms with Crippen LogP contribution in [0, 0.1) is 0 Å². The van der Waals surface area contributed by atoms with Gasteiger partial charge in [-0.3, -0.25) is 9.59 Å². The van der Waals surface area contributed by atoms with Crippen molar-refractivity contribution in [1.82, 2.24) is 0 Å². The van der Waals surface area contributed by atoms with Crippen molar-refractivity contribution >= 4 is 11.9 Å². The van der Waals surface area contributed by atoms with Crippen molar-refractivity contribution < 1.29 is 19.4 Å². The molecule has 0 aliphatic carbocycles. The molecule has 164 valence electrons. The first kappa shape index (κ1) is 26.7. The molecule has 28 heavy (non-hydrogen) atoms. The fraction of sp³-hybridized carbons (Fsp3) is 0.833. The summed E-state index contributed by atoms with van der Waals surface area (Å²) in [5.41, 5.74) is 0.